The van der Waals surface area contributed by atoms with Crippen molar-refractivity contribution in [2.45, 2.75) is 39.2 Å². The van der Waals surface area contributed by atoms with Crippen molar-refractivity contribution < 1.29 is 4.74 Å². The third-order valence-corrected chi connectivity index (χ3v) is 3.97. The molecule has 0 aliphatic heterocycles. The lowest BCUT2D eigenvalue weighted by Gasteiger charge is -2.24. The van der Waals surface area contributed by atoms with Gasteiger partial charge in [0.05, 0.1) is 6.61 Å². The fraction of sp³-hybridized carbons (Fsp3) is 0.706. The first-order valence-corrected chi connectivity index (χ1v) is 8.19. The molecule has 0 amide bonds. The first-order valence-electron chi connectivity index (χ1n) is 8.19. The Kier molecular flexibility index (Phi) is 6.46. The second kappa shape index (κ2) is 8.35. The van der Waals surface area contributed by atoms with Gasteiger partial charge in [0.1, 0.15) is 5.82 Å². The molecule has 0 saturated heterocycles. The van der Waals surface area contributed by atoms with E-state index in [1.54, 1.807) is 0 Å². The van der Waals surface area contributed by atoms with Crippen LogP contribution in [0.1, 0.15) is 44.7 Å². The Hall–Kier alpha value is -1.13. The second-order valence-corrected chi connectivity index (χ2v) is 6.03. The van der Waals surface area contributed by atoms with Gasteiger partial charge in [0, 0.05) is 38.0 Å². The Morgan fingerprint density at radius 3 is 3.00 bits per heavy atom. The summed E-state index contributed by atoms with van der Waals surface area (Å²) in [6.07, 6.45) is 5.71. The average Bonchev–Trinajstić information content (AvgIpc) is 3.33. The molecule has 4 nitrogen and oxygen atoms in total. The molecule has 1 aromatic rings. The molecular formula is C17H29N3O. The highest BCUT2D eigenvalue weighted by molar-refractivity contribution is 5.47. The summed E-state index contributed by atoms with van der Waals surface area (Å²) in [5.74, 6) is 1.89. The molecular weight excluding hydrogens is 262 g/mol. The number of nitrogens with one attached hydrogen (secondary N) is 1. The van der Waals surface area contributed by atoms with Crippen molar-refractivity contribution in [2.75, 3.05) is 38.3 Å². The number of pyridine rings is 1. The SMILES string of the molecule is CCCNC(C)c1cccnc1N(C)CCOCC1CC1. The van der Waals surface area contributed by atoms with E-state index in [0.29, 0.717) is 6.04 Å². The fourth-order valence-electron chi connectivity index (χ4n) is 2.38. The number of hydrogen-bond donors (Lipinski definition) is 1. The molecule has 1 aliphatic rings. The largest absolute Gasteiger partial charge is 0.379 e. The van der Waals surface area contributed by atoms with E-state index in [9.17, 15) is 0 Å². The van der Waals surface area contributed by atoms with Crippen molar-refractivity contribution in [3.8, 4) is 0 Å². The van der Waals surface area contributed by atoms with Gasteiger partial charge in [0.15, 0.2) is 0 Å². The summed E-state index contributed by atoms with van der Waals surface area (Å²) in [6, 6.07) is 4.50. The highest BCUT2D eigenvalue weighted by atomic mass is 16.5. The lowest BCUT2D eigenvalue weighted by Crippen LogP contribution is -2.27. The summed E-state index contributed by atoms with van der Waals surface area (Å²) in [6.45, 7) is 8.01. The van der Waals surface area contributed by atoms with Gasteiger partial charge in [-0.2, -0.15) is 0 Å². The predicted octanol–water partition coefficient (Wildman–Crippen LogP) is 3.01. The van der Waals surface area contributed by atoms with Gasteiger partial charge in [-0.15, -0.1) is 0 Å². The zero-order valence-electron chi connectivity index (χ0n) is 13.6. The summed E-state index contributed by atoms with van der Waals surface area (Å²) in [5, 5.41) is 3.54. The van der Waals surface area contributed by atoms with Crippen LogP contribution in [-0.2, 0) is 4.74 Å². The first kappa shape index (κ1) is 16.2. The number of ether oxygens (including phenoxy) is 1. The van der Waals surface area contributed by atoms with Gasteiger partial charge in [-0.3, -0.25) is 0 Å². The lowest BCUT2D eigenvalue weighted by atomic mass is 10.1. The van der Waals surface area contributed by atoms with Crippen molar-refractivity contribution in [3.05, 3.63) is 23.9 Å². The minimum atomic E-state index is 0.323. The van der Waals surface area contributed by atoms with Crippen LogP contribution in [-0.4, -0.2) is 38.3 Å². The monoisotopic (exact) mass is 291 g/mol. The molecule has 1 heterocycles. The van der Waals surface area contributed by atoms with Crippen molar-refractivity contribution in [1.29, 1.82) is 0 Å². The topological polar surface area (TPSA) is 37.4 Å². The van der Waals surface area contributed by atoms with Gasteiger partial charge >= 0.3 is 0 Å². The Balaban J connectivity index is 1.87. The highest BCUT2D eigenvalue weighted by Crippen LogP contribution is 2.28. The lowest BCUT2D eigenvalue weighted by molar-refractivity contribution is 0.130. The smallest absolute Gasteiger partial charge is 0.133 e. The molecule has 1 aromatic heterocycles. The average molecular weight is 291 g/mol. The summed E-state index contributed by atoms with van der Waals surface area (Å²) in [5.41, 5.74) is 1.26. The molecule has 0 spiro atoms. The van der Waals surface area contributed by atoms with Crippen LogP contribution >= 0.6 is 0 Å². The second-order valence-electron chi connectivity index (χ2n) is 6.03. The quantitative estimate of drug-likeness (QED) is 0.672. The summed E-state index contributed by atoms with van der Waals surface area (Å²) < 4.78 is 5.73. The third-order valence-electron chi connectivity index (χ3n) is 3.97. The van der Waals surface area contributed by atoms with Crippen LogP contribution in [0.5, 0.6) is 0 Å². The first-order chi connectivity index (χ1) is 10.2. The fourth-order valence-corrected chi connectivity index (χ4v) is 2.38. The van der Waals surface area contributed by atoms with E-state index in [-0.39, 0.29) is 0 Å². The van der Waals surface area contributed by atoms with Gasteiger partial charge in [-0.1, -0.05) is 13.0 Å². The highest BCUT2D eigenvalue weighted by Gasteiger charge is 2.21. The van der Waals surface area contributed by atoms with Crippen LogP contribution < -0.4 is 10.2 Å². The summed E-state index contributed by atoms with van der Waals surface area (Å²) in [7, 11) is 2.10. The standard InChI is InChI=1S/C17H29N3O/c1-4-9-18-14(2)16-6-5-10-19-17(16)20(3)11-12-21-13-15-7-8-15/h5-6,10,14-15,18H,4,7-9,11-13H2,1-3H3. The van der Waals surface area contributed by atoms with Crippen LogP contribution in [0.3, 0.4) is 0 Å². The molecule has 1 fully saturated rings. The molecule has 1 saturated carbocycles. The Morgan fingerprint density at radius 1 is 1.48 bits per heavy atom. The van der Waals surface area contributed by atoms with Gasteiger partial charge in [0.25, 0.3) is 0 Å². The Morgan fingerprint density at radius 2 is 2.29 bits per heavy atom. The van der Waals surface area contributed by atoms with Crippen LogP contribution in [0, 0.1) is 5.92 Å². The van der Waals surface area contributed by atoms with Crippen LogP contribution in [0.25, 0.3) is 0 Å². The molecule has 1 atom stereocenters. The van der Waals surface area contributed by atoms with E-state index < -0.39 is 0 Å². The van der Waals surface area contributed by atoms with E-state index in [1.165, 1.54) is 18.4 Å². The molecule has 1 aliphatic carbocycles. The minimum Gasteiger partial charge on any atom is -0.379 e. The van der Waals surface area contributed by atoms with Gasteiger partial charge in [0.2, 0.25) is 0 Å². The molecule has 118 valence electrons. The van der Waals surface area contributed by atoms with Crippen LogP contribution in [0.4, 0.5) is 5.82 Å². The van der Waals surface area contributed by atoms with E-state index in [1.807, 2.05) is 12.3 Å². The van der Waals surface area contributed by atoms with E-state index in [2.05, 4.69) is 42.2 Å². The van der Waals surface area contributed by atoms with Gasteiger partial charge in [-0.25, -0.2) is 4.98 Å². The molecule has 21 heavy (non-hydrogen) atoms. The Labute approximate surface area is 128 Å². The molecule has 0 radical (unpaired) electrons. The number of nitrogens with zero attached hydrogens (tertiary/aromatic N) is 2. The van der Waals surface area contributed by atoms with E-state index in [0.717, 1.165) is 44.5 Å². The number of hydrogen-bond acceptors (Lipinski definition) is 4. The zero-order valence-corrected chi connectivity index (χ0v) is 13.6. The van der Waals surface area contributed by atoms with Crippen LogP contribution in [0.2, 0.25) is 0 Å². The maximum Gasteiger partial charge on any atom is 0.133 e. The molecule has 0 aromatic carbocycles. The number of rotatable bonds is 10. The van der Waals surface area contributed by atoms with Crippen molar-refractivity contribution in [2.24, 2.45) is 5.92 Å². The van der Waals surface area contributed by atoms with Crippen LogP contribution in [0.15, 0.2) is 18.3 Å². The zero-order chi connectivity index (χ0) is 15.1. The van der Waals surface area contributed by atoms with E-state index in [4.69, 9.17) is 4.74 Å². The van der Waals surface area contributed by atoms with E-state index >= 15 is 0 Å². The van der Waals surface area contributed by atoms with Gasteiger partial charge < -0.3 is 15.0 Å². The molecule has 4 heteroatoms. The molecule has 1 N–H and O–H groups in total. The number of likely N-dealkylation sites (N-methyl/N-ethyl adjacent to an activating group) is 1. The summed E-state index contributed by atoms with van der Waals surface area (Å²) in [4.78, 5) is 6.77. The number of anilines is 1. The maximum atomic E-state index is 5.73. The van der Waals surface area contributed by atoms with Crippen molar-refractivity contribution >= 4 is 5.82 Å². The summed E-state index contributed by atoms with van der Waals surface area (Å²) >= 11 is 0. The molecule has 0 bridgehead atoms. The maximum absolute atomic E-state index is 5.73. The normalized spacial score (nSPS) is 16.0. The van der Waals surface area contributed by atoms with Crippen molar-refractivity contribution in [3.63, 3.8) is 0 Å². The third kappa shape index (κ3) is 5.29. The number of aromatic nitrogens is 1. The predicted molar refractivity (Wildman–Crippen MR) is 87.8 cm³/mol. The molecule has 2 rings (SSSR count). The Bertz CT molecular complexity index is 420. The van der Waals surface area contributed by atoms with Crippen molar-refractivity contribution in [1.82, 2.24) is 10.3 Å². The minimum absolute atomic E-state index is 0.323. The van der Waals surface area contributed by atoms with Gasteiger partial charge in [-0.05, 0) is 44.7 Å². The molecule has 1 unspecified atom stereocenters.